The van der Waals surface area contributed by atoms with Crippen molar-refractivity contribution >= 4 is 11.6 Å². The first-order valence-electron chi connectivity index (χ1n) is 10.3. The van der Waals surface area contributed by atoms with Crippen LogP contribution in [0.1, 0.15) is 47.6 Å². The molecule has 1 aliphatic carbocycles. The summed E-state index contributed by atoms with van der Waals surface area (Å²) in [7, 11) is 0. The molecular formula is C24H19F4N3O. The average Bonchev–Trinajstić information content (AvgIpc) is 3.08. The molecule has 2 aromatic carbocycles. The average molecular weight is 441 g/mol. The number of halogens is 4. The van der Waals surface area contributed by atoms with Gasteiger partial charge in [0.15, 0.2) is 5.78 Å². The van der Waals surface area contributed by atoms with Crippen LogP contribution < -0.4 is 5.32 Å². The third-order valence-corrected chi connectivity index (χ3v) is 6.03. The fraction of sp³-hybridized carbons (Fsp3) is 0.250. The Hall–Kier alpha value is -3.42. The first-order valence-corrected chi connectivity index (χ1v) is 10.3. The van der Waals surface area contributed by atoms with E-state index >= 15 is 0 Å². The van der Waals surface area contributed by atoms with Crippen molar-refractivity contribution in [2.24, 2.45) is 0 Å². The molecule has 5 rings (SSSR count). The van der Waals surface area contributed by atoms with Crippen molar-refractivity contribution in [1.29, 1.82) is 0 Å². The molecule has 0 bridgehead atoms. The number of alkyl halides is 3. The molecule has 4 nitrogen and oxygen atoms in total. The van der Waals surface area contributed by atoms with Crippen molar-refractivity contribution in [3.8, 4) is 5.69 Å². The van der Waals surface area contributed by atoms with E-state index in [2.05, 4.69) is 10.4 Å². The number of carbonyl (C=O) groups is 1. The molecule has 0 radical (unpaired) electrons. The van der Waals surface area contributed by atoms with Crippen LogP contribution in [0.3, 0.4) is 0 Å². The van der Waals surface area contributed by atoms with Crippen LogP contribution in [0.4, 0.5) is 23.4 Å². The monoisotopic (exact) mass is 441 g/mol. The van der Waals surface area contributed by atoms with Crippen LogP contribution in [0.25, 0.3) is 5.69 Å². The summed E-state index contributed by atoms with van der Waals surface area (Å²) in [5.74, 6) is -0.708. The Bertz CT molecular complexity index is 1270. The number of hydrogen-bond donors (Lipinski definition) is 1. The molecule has 8 heteroatoms. The number of hydrogen-bond acceptors (Lipinski definition) is 3. The number of allylic oxidation sites excluding steroid dienone is 2. The minimum Gasteiger partial charge on any atom is -0.343 e. The fourth-order valence-electron chi connectivity index (χ4n) is 4.71. The summed E-state index contributed by atoms with van der Waals surface area (Å²) in [6.45, 7) is 1.69. The molecule has 1 N–H and O–H groups in total. The molecule has 1 atom stereocenters. The fourth-order valence-corrected chi connectivity index (χ4v) is 4.71. The topological polar surface area (TPSA) is 46.9 Å². The van der Waals surface area contributed by atoms with E-state index in [1.807, 2.05) is 0 Å². The predicted molar refractivity (Wildman–Crippen MR) is 111 cm³/mol. The van der Waals surface area contributed by atoms with Gasteiger partial charge in [-0.1, -0.05) is 24.3 Å². The van der Waals surface area contributed by atoms with Crippen molar-refractivity contribution in [2.45, 2.75) is 38.3 Å². The van der Waals surface area contributed by atoms with Crippen molar-refractivity contribution in [2.75, 3.05) is 5.32 Å². The highest BCUT2D eigenvalue weighted by molar-refractivity contribution is 6.01. The standard InChI is InChI=1S/C24H19F4N3O/c1-13-20-21(14-6-4-7-15(25)12-14)22-17(9-5-11-19(22)32)29-23(20)31(30-13)18-10-3-2-8-16(18)24(26,27)28/h2-4,6-8,10,12,21,29H,5,9,11H2,1H3/t21-/m1/s1. The van der Waals surface area contributed by atoms with E-state index in [-0.39, 0.29) is 11.5 Å². The lowest BCUT2D eigenvalue weighted by Gasteiger charge is -2.33. The molecule has 0 unspecified atom stereocenters. The third-order valence-electron chi connectivity index (χ3n) is 6.03. The quantitative estimate of drug-likeness (QED) is 0.504. The Morgan fingerprint density at radius 2 is 1.88 bits per heavy atom. The second-order valence-electron chi connectivity index (χ2n) is 8.06. The van der Waals surface area contributed by atoms with E-state index < -0.39 is 23.5 Å². The van der Waals surface area contributed by atoms with E-state index in [0.29, 0.717) is 53.2 Å². The summed E-state index contributed by atoms with van der Waals surface area (Å²) in [5.41, 5.74) is 1.91. The number of carbonyl (C=O) groups excluding carboxylic acids is 1. The van der Waals surface area contributed by atoms with Gasteiger partial charge in [0, 0.05) is 29.2 Å². The van der Waals surface area contributed by atoms with Gasteiger partial charge in [0.25, 0.3) is 0 Å². The summed E-state index contributed by atoms with van der Waals surface area (Å²) in [6, 6.07) is 11.2. The van der Waals surface area contributed by atoms with Gasteiger partial charge in [0.2, 0.25) is 0 Å². The summed E-state index contributed by atoms with van der Waals surface area (Å²) in [6.07, 6.45) is -2.96. The highest BCUT2D eigenvalue weighted by Gasteiger charge is 2.40. The number of rotatable bonds is 2. The molecule has 1 aliphatic heterocycles. The Morgan fingerprint density at radius 1 is 1.09 bits per heavy atom. The third kappa shape index (κ3) is 3.21. The zero-order valence-corrected chi connectivity index (χ0v) is 17.1. The smallest absolute Gasteiger partial charge is 0.343 e. The van der Waals surface area contributed by atoms with Crippen LogP contribution >= 0.6 is 0 Å². The van der Waals surface area contributed by atoms with Gasteiger partial charge in [0.1, 0.15) is 11.6 Å². The lowest BCUT2D eigenvalue weighted by molar-refractivity contribution is -0.137. The Kier molecular flexibility index (Phi) is 4.69. The summed E-state index contributed by atoms with van der Waals surface area (Å²) in [5, 5.41) is 7.65. The van der Waals surface area contributed by atoms with Crippen LogP contribution in [0.2, 0.25) is 0 Å². The predicted octanol–water partition coefficient (Wildman–Crippen LogP) is 5.90. The molecule has 0 fully saturated rings. The van der Waals surface area contributed by atoms with Gasteiger partial charge < -0.3 is 5.32 Å². The second-order valence-corrected chi connectivity index (χ2v) is 8.06. The van der Waals surface area contributed by atoms with Gasteiger partial charge in [-0.3, -0.25) is 4.79 Å². The van der Waals surface area contributed by atoms with Crippen LogP contribution in [0.5, 0.6) is 0 Å². The minimum absolute atomic E-state index is 0.0403. The summed E-state index contributed by atoms with van der Waals surface area (Å²) < 4.78 is 56.5. The van der Waals surface area contributed by atoms with Crippen molar-refractivity contribution in [3.63, 3.8) is 0 Å². The molecule has 0 spiro atoms. The number of benzene rings is 2. The van der Waals surface area contributed by atoms with E-state index in [1.165, 1.54) is 35.0 Å². The van der Waals surface area contributed by atoms with E-state index in [1.54, 1.807) is 19.1 Å². The molecule has 164 valence electrons. The van der Waals surface area contributed by atoms with Crippen LogP contribution in [-0.4, -0.2) is 15.6 Å². The maximum atomic E-state index is 14.1. The molecule has 32 heavy (non-hydrogen) atoms. The number of nitrogens with zero attached hydrogens (tertiary/aromatic N) is 2. The van der Waals surface area contributed by atoms with E-state index in [4.69, 9.17) is 0 Å². The van der Waals surface area contributed by atoms with Gasteiger partial charge in [0.05, 0.1) is 16.9 Å². The van der Waals surface area contributed by atoms with Crippen molar-refractivity contribution < 1.29 is 22.4 Å². The van der Waals surface area contributed by atoms with Crippen LogP contribution in [0.15, 0.2) is 59.8 Å². The number of para-hydroxylation sites is 1. The van der Waals surface area contributed by atoms with E-state index in [0.717, 1.165) is 6.07 Å². The second kappa shape index (κ2) is 7.32. The zero-order chi connectivity index (χ0) is 22.6. The van der Waals surface area contributed by atoms with Gasteiger partial charge in [-0.05, 0) is 49.6 Å². The number of aryl methyl sites for hydroxylation is 1. The lowest BCUT2D eigenvalue weighted by Crippen LogP contribution is -2.27. The zero-order valence-electron chi connectivity index (χ0n) is 17.1. The summed E-state index contributed by atoms with van der Waals surface area (Å²) in [4.78, 5) is 12.9. The number of aromatic nitrogens is 2. The van der Waals surface area contributed by atoms with Crippen molar-refractivity contribution in [1.82, 2.24) is 9.78 Å². The first kappa shape index (κ1) is 20.5. The Morgan fingerprint density at radius 3 is 2.62 bits per heavy atom. The molecule has 1 aromatic heterocycles. The van der Waals surface area contributed by atoms with Crippen molar-refractivity contribution in [3.05, 3.63) is 88.0 Å². The molecule has 2 aliphatic rings. The largest absolute Gasteiger partial charge is 0.418 e. The van der Waals surface area contributed by atoms with Gasteiger partial charge in [-0.15, -0.1) is 0 Å². The molecule has 0 saturated heterocycles. The highest BCUT2D eigenvalue weighted by atomic mass is 19.4. The minimum atomic E-state index is -4.56. The number of ketones is 1. The lowest BCUT2D eigenvalue weighted by atomic mass is 9.76. The number of anilines is 1. The molecule has 2 heterocycles. The molecule has 3 aromatic rings. The first-order chi connectivity index (χ1) is 15.3. The van der Waals surface area contributed by atoms with Gasteiger partial charge in [-0.2, -0.15) is 18.3 Å². The Balaban J connectivity index is 1.77. The number of Topliss-reactive ketones (excluding diaryl/α,β-unsaturated/α-hetero) is 1. The maximum Gasteiger partial charge on any atom is 0.418 e. The number of fused-ring (bicyclic) bond motifs is 1. The number of nitrogens with one attached hydrogen (secondary N) is 1. The molecule has 0 amide bonds. The van der Waals surface area contributed by atoms with Crippen LogP contribution in [-0.2, 0) is 11.0 Å². The van der Waals surface area contributed by atoms with Gasteiger partial charge in [-0.25, -0.2) is 9.07 Å². The normalized spacial score (nSPS) is 18.3. The highest BCUT2D eigenvalue weighted by Crippen LogP contribution is 2.48. The molecular weight excluding hydrogens is 422 g/mol. The maximum absolute atomic E-state index is 14.1. The van der Waals surface area contributed by atoms with Crippen LogP contribution in [0, 0.1) is 12.7 Å². The van der Waals surface area contributed by atoms with E-state index in [9.17, 15) is 22.4 Å². The SMILES string of the molecule is Cc1nn(-c2ccccc2C(F)(F)F)c2c1[C@@H](c1cccc(F)c1)C1=C(CCCC1=O)N2. The Labute approximate surface area is 181 Å². The summed E-state index contributed by atoms with van der Waals surface area (Å²) >= 11 is 0. The van der Waals surface area contributed by atoms with Gasteiger partial charge >= 0.3 is 6.18 Å². The molecule has 0 saturated carbocycles.